The van der Waals surface area contributed by atoms with Crippen LogP contribution < -0.4 is 15.6 Å². The molecule has 1 atom stereocenters. The summed E-state index contributed by atoms with van der Waals surface area (Å²) in [5.41, 5.74) is 1.83. The number of amides is 1. The van der Waals surface area contributed by atoms with Crippen LogP contribution in [0, 0.1) is 5.92 Å². The first-order valence-corrected chi connectivity index (χ1v) is 10.1. The van der Waals surface area contributed by atoms with Gasteiger partial charge in [0.25, 0.3) is 5.56 Å². The van der Waals surface area contributed by atoms with Crippen LogP contribution >= 0.6 is 11.3 Å². The summed E-state index contributed by atoms with van der Waals surface area (Å²) in [7, 11) is 1.61. The van der Waals surface area contributed by atoms with Gasteiger partial charge in [-0.05, 0) is 48.4 Å². The molecular formula is C20H22N4O3S. The first-order chi connectivity index (χ1) is 13.5. The van der Waals surface area contributed by atoms with Gasteiger partial charge in [0.15, 0.2) is 4.83 Å². The van der Waals surface area contributed by atoms with Crippen molar-refractivity contribution in [1.29, 1.82) is 0 Å². The first kappa shape index (κ1) is 18.6. The average Bonchev–Trinajstić information content (AvgIpc) is 3.07. The number of fused-ring (bicyclic) bond motifs is 3. The lowest BCUT2D eigenvalue weighted by Crippen LogP contribution is -2.34. The van der Waals surface area contributed by atoms with Crippen LogP contribution in [0.1, 0.15) is 29.3 Å². The highest BCUT2D eigenvalue weighted by atomic mass is 32.1. The summed E-state index contributed by atoms with van der Waals surface area (Å²) in [6, 6.07) is 7.45. The third-order valence-electron chi connectivity index (χ3n) is 5.13. The second-order valence-corrected chi connectivity index (χ2v) is 8.29. The number of methoxy groups -OCH3 is 1. The number of aryl methyl sites for hydroxylation is 1. The fraction of sp³-hybridized carbons (Fsp3) is 0.400. The molecule has 0 saturated carbocycles. The van der Waals surface area contributed by atoms with E-state index in [0.29, 0.717) is 22.7 Å². The maximum absolute atomic E-state index is 12.9. The number of aromatic nitrogens is 3. The summed E-state index contributed by atoms with van der Waals surface area (Å²) in [5.74, 6) is 1.11. The van der Waals surface area contributed by atoms with Gasteiger partial charge >= 0.3 is 0 Å². The van der Waals surface area contributed by atoms with Crippen LogP contribution in [-0.4, -0.2) is 28.0 Å². The molecule has 1 aliphatic rings. The van der Waals surface area contributed by atoms with Crippen molar-refractivity contribution in [3.8, 4) is 5.75 Å². The molecule has 0 radical (unpaired) electrons. The van der Waals surface area contributed by atoms with E-state index in [0.717, 1.165) is 40.8 Å². The molecule has 0 unspecified atom stereocenters. The Balaban J connectivity index is 1.49. The molecule has 1 amide bonds. The quantitative estimate of drug-likeness (QED) is 0.713. The molecule has 3 aromatic rings. The Morgan fingerprint density at radius 1 is 1.36 bits per heavy atom. The molecule has 28 heavy (non-hydrogen) atoms. The van der Waals surface area contributed by atoms with Gasteiger partial charge in [0.1, 0.15) is 12.3 Å². The topological polar surface area (TPSA) is 86.1 Å². The fourth-order valence-corrected chi connectivity index (χ4v) is 4.85. The molecule has 7 nitrogen and oxygen atoms in total. The number of hydrogen-bond donors (Lipinski definition) is 1. The van der Waals surface area contributed by atoms with Crippen LogP contribution in [0.3, 0.4) is 0 Å². The summed E-state index contributed by atoms with van der Waals surface area (Å²) in [5, 5.41) is 11.6. The minimum atomic E-state index is -0.274. The average molecular weight is 398 g/mol. The number of nitrogens with zero attached hydrogens (tertiary/aromatic N) is 3. The minimum Gasteiger partial charge on any atom is -0.497 e. The molecule has 8 heteroatoms. The van der Waals surface area contributed by atoms with Gasteiger partial charge in [-0.2, -0.15) is 0 Å². The number of hydrogen-bond acceptors (Lipinski definition) is 6. The molecule has 0 bridgehead atoms. The van der Waals surface area contributed by atoms with Gasteiger partial charge in [0.05, 0.1) is 12.5 Å². The van der Waals surface area contributed by atoms with E-state index < -0.39 is 0 Å². The van der Waals surface area contributed by atoms with Crippen LogP contribution in [-0.2, 0) is 30.7 Å². The van der Waals surface area contributed by atoms with Crippen LogP contribution in [0.2, 0.25) is 0 Å². The molecular weight excluding hydrogens is 376 g/mol. The summed E-state index contributed by atoms with van der Waals surface area (Å²) in [6.07, 6.45) is 2.95. The zero-order valence-electron chi connectivity index (χ0n) is 15.9. The molecule has 4 rings (SSSR count). The number of carbonyl (C=O) groups is 1. The lowest BCUT2D eigenvalue weighted by Gasteiger charge is -2.17. The smallest absolute Gasteiger partial charge is 0.279 e. The molecule has 1 aromatic carbocycles. The zero-order valence-corrected chi connectivity index (χ0v) is 16.7. The van der Waals surface area contributed by atoms with Crippen molar-refractivity contribution in [2.75, 3.05) is 7.11 Å². The molecule has 1 aliphatic carbocycles. The SMILES string of the molecule is COc1ccc(CNC(=O)Cn2nnc3sc4c(c3c2=O)CC[C@H](C)C4)cc1. The summed E-state index contributed by atoms with van der Waals surface area (Å²) in [6.45, 7) is 2.46. The van der Waals surface area contributed by atoms with Gasteiger partial charge in [-0.25, -0.2) is 4.68 Å². The Kier molecular flexibility index (Phi) is 5.13. The van der Waals surface area contributed by atoms with Crippen LogP contribution in [0.15, 0.2) is 29.1 Å². The highest BCUT2D eigenvalue weighted by molar-refractivity contribution is 7.18. The lowest BCUT2D eigenvalue weighted by atomic mass is 9.89. The van der Waals surface area contributed by atoms with E-state index in [1.807, 2.05) is 24.3 Å². The standard InChI is InChI=1S/C20H22N4O3S/c1-12-3-8-15-16(9-12)28-19-18(15)20(26)24(23-22-19)11-17(25)21-10-13-4-6-14(27-2)7-5-13/h4-7,12H,3,8-11H2,1-2H3,(H,21,25)/t12-/m0/s1. The van der Waals surface area contributed by atoms with Gasteiger partial charge in [-0.3, -0.25) is 9.59 Å². The van der Waals surface area contributed by atoms with Gasteiger partial charge < -0.3 is 10.1 Å². The van der Waals surface area contributed by atoms with Crippen molar-refractivity contribution < 1.29 is 9.53 Å². The van der Waals surface area contributed by atoms with E-state index in [1.54, 1.807) is 18.4 Å². The molecule has 0 saturated heterocycles. The van der Waals surface area contributed by atoms with Gasteiger partial charge in [0.2, 0.25) is 5.91 Å². The van der Waals surface area contributed by atoms with E-state index in [2.05, 4.69) is 22.6 Å². The predicted molar refractivity (Wildman–Crippen MR) is 108 cm³/mol. The first-order valence-electron chi connectivity index (χ1n) is 9.33. The Hall–Kier alpha value is -2.74. The van der Waals surface area contributed by atoms with Crippen molar-refractivity contribution in [3.05, 3.63) is 50.6 Å². The van der Waals surface area contributed by atoms with E-state index >= 15 is 0 Å². The third kappa shape index (κ3) is 3.64. The van der Waals surface area contributed by atoms with E-state index in [-0.39, 0.29) is 18.0 Å². The zero-order chi connectivity index (χ0) is 19.7. The van der Waals surface area contributed by atoms with E-state index in [1.165, 1.54) is 4.88 Å². The van der Waals surface area contributed by atoms with E-state index in [4.69, 9.17) is 4.74 Å². The fourth-order valence-electron chi connectivity index (χ4n) is 3.53. The predicted octanol–water partition coefficient (Wildman–Crippen LogP) is 2.30. The lowest BCUT2D eigenvalue weighted by molar-refractivity contribution is -0.122. The molecule has 0 fully saturated rings. The van der Waals surface area contributed by atoms with Crippen molar-refractivity contribution >= 4 is 27.5 Å². The summed E-state index contributed by atoms with van der Waals surface area (Å²) < 4.78 is 6.28. The second kappa shape index (κ2) is 7.71. The maximum Gasteiger partial charge on any atom is 0.279 e. The van der Waals surface area contributed by atoms with Gasteiger partial charge in [0, 0.05) is 11.4 Å². The molecule has 1 N–H and O–H groups in total. The van der Waals surface area contributed by atoms with Crippen LogP contribution in [0.4, 0.5) is 0 Å². The number of ether oxygens (including phenoxy) is 1. The molecule has 2 aromatic heterocycles. The van der Waals surface area contributed by atoms with Gasteiger partial charge in [-0.1, -0.05) is 24.3 Å². The molecule has 0 aliphatic heterocycles. The van der Waals surface area contributed by atoms with Crippen molar-refractivity contribution in [2.24, 2.45) is 5.92 Å². The number of nitrogens with one attached hydrogen (secondary N) is 1. The number of thiophene rings is 1. The van der Waals surface area contributed by atoms with Crippen LogP contribution in [0.25, 0.3) is 10.2 Å². The van der Waals surface area contributed by atoms with E-state index in [9.17, 15) is 9.59 Å². The summed E-state index contributed by atoms with van der Waals surface area (Å²) >= 11 is 1.56. The highest BCUT2D eigenvalue weighted by Crippen LogP contribution is 2.35. The van der Waals surface area contributed by atoms with Crippen molar-refractivity contribution in [2.45, 2.75) is 39.3 Å². The van der Waals surface area contributed by atoms with Crippen molar-refractivity contribution in [3.63, 3.8) is 0 Å². The summed E-state index contributed by atoms with van der Waals surface area (Å²) in [4.78, 5) is 27.1. The van der Waals surface area contributed by atoms with Crippen molar-refractivity contribution in [1.82, 2.24) is 20.3 Å². The van der Waals surface area contributed by atoms with Crippen LogP contribution in [0.5, 0.6) is 5.75 Å². The Morgan fingerprint density at radius 3 is 2.89 bits per heavy atom. The number of rotatable bonds is 5. The Bertz CT molecular complexity index is 1070. The molecule has 0 spiro atoms. The maximum atomic E-state index is 12.9. The molecule has 146 valence electrons. The Morgan fingerprint density at radius 2 is 2.14 bits per heavy atom. The normalized spacial score (nSPS) is 16.0. The highest BCUT2D eigenvalue weighted by Gasteiger charge is 2.24. The largest absolute Gasteiger partial charge is 0.497 e. The van der Waals surface area contributed by atoms with Gasteiger partial charge in [-0.15, -0.1) is 16.4 Å². The number of benzene rings is 1. The monoisotopic (exact) mass is 398 g/mol. The second-order valence-electron chi connectivity index (χ2n) is 7.21. The Labute approximate surface area is 166 Å². The number of carbonyl (C=O) groups excluding carboxylic acids is 1. The molecule has 2 heterocycles. The minimum absolute atomic E-state index is 0.140. The third-order valence-corrected chi connectivity index (χ3v) is 6.27.